The van der Waals surface area contributed by atoms with Gasteiger partial charge in [0.1, 0.15) is 5.54 Å². The molecule has 1 atom stereocenters. The maximum Gasteiger partial charge on any atom is 0.325 e. The molecule has 2 heterocycles. The van der Waals surface area contributed by atoms with Crippen LogP contribution >= 0.6 is 12.4 Å². The lowest BCUT2D eigenvalue weighted by atomic mass is 9.68. The molecule has 17 heavy (non-hydrogen) atoms. The summed E-state index contributed by atoms with van der Waals surface area (Å²) >= 11 is 0. The Morgan fingerprint density at radius 3 is 2.47 bits per heavy atom. The third-order valence-electron chi connectivity index (χ3n) is 3.89. The molecule has 0 aromatic rings. The fourth-order valence-corrected chi connectivity index (χ4v) is 2.71. The highest BCUT2D eigenvalue weighted by atomic mass is 35.5. The molecule has 2 aliphatic heterocycles. The molecule has 0 bridgehead atoms. The van der Waals surface area contributed by atoms with Gasteiger partial charge >= 0.3 is 6.03 Å². The first kappa shape index (κ1) is 14.3. The molecule has 1 spiro atoms. The van der Waals surface area contributed by atoms with Crippen molar-refractivity contribution >= 4 is 24.3 Å². The number of nitrogens with one attached hydrogen (secondary N) is 2. The van der Waals surface area contributed by atoms with E-state index in [4.69, 9.17) is 0 Å². The van der Waals surface area contributed by atoms with E-state index in [0.717, 1.165) is 13.1 Å². The number of imide groups is 1. The van der Waals surface area contributed by atoms with Crippen molar-refractivity contribution in [2.75, 3.05) is 19.6 Å². The van der Waals surface area contributed by atoms with E-state index in [2.05, 4.69) is 10.6 Å². The van der Waals surface area contributed by atoms with Gasteiger partial charge in [0.2, 0.25) is 0 Å². The van der Waals surface area contributed by atoms with Crippen LogP contribution in [-0.2, 0) is 4.79 Å². The van der Waals surface area contributed by atoms with Crippen LogP contribution in [0.3, 0.4) is 0 Å². The van der Waals surface area contributed by atoms with Crippen molar-refractivity contribution in [3.05, 3.63) is 0 Å². The Morgan fingerprint density at radius 1 is 1.35 bits per heavy atom. The van der Waals surface area contributed by atoms with Crippen molar-refractivity contribution in [1.82, 2.24) is 15.5 Å². The van der Waals surface area contributed by atoms with E-state index in [1.165, 1.54) is 4.90 Å². The molecule has 0 aliphatic carbocycles. The molecule has 2 saturated heterocycles. The summed E-state index contributed by atoms with van der Waals surface area (Å²) in [5.74, 6) is -0.0634. The van der Waals surface area contributed by atoms with Crippen LogP contribution in [0.1, 0.15) is 27.2 Å². The third kappa shape index (κ3) is 1.81. The van der Waals surface area contributed by atoms with Crippen LogP contribution in [0.15, 0.2) is 0 Å². The Labute approximate surface area is 108 Å². The number of rotatable bonds is 1. The number of carbonyl (C=O) groups is 2. The van der Waals surface area contributed by atoms with Crippen LogP contribution in [-0.4, -0.2) is 42.0 Å². The van der Waals surface area contributed by atoms with E-state index in [1.807, 2.05) is 20.8 Å². The number of hydrogen-bond donors (Lipinski definition) is 2. The van der Waals surface area contributed by atoms with Crippen molar-refractivity contribution in [3.8, 4) is 0 Å². The number of halogens is 1. The van der Waals surface area contributed by atoms with Crippen molar-refractivity contribution in [2.24, 2.45) is 5.41 Å². The van der Waals surface area contributed by atoms with Gasteiger partial charge in [-0.25, -0.2) is 4.79 Å². The SMILES string of the molecule is CCN1C(=O)NC2(CCNCC2(C)C)C1=O.Cl. The quantitative estimate of drug-likeness (QED) is 0.685. The molecule has 0 saturated carbocycles. The Balaban J connectivity index is 0.00000144. The Hall–Kier alpha value is -0.810. The van der Waals surface area contributed by atoms with E-state index in [-0.39, 0.29) is 29.8 Å². The highest BCUT2D eigenvalue weighted by Crippen LogP contribution is 2.40. The average molecular weight is 262 g/mol. The molecule has 2 aliphatic rings. The monoisotopic (exact) mass is 261 g/mol. The predicted molar refractivity (Wildman–Crippen MR) is 67.2 cm³/mol. The number of carbonyl (C=O) groups excluding carboxylic acids is 2. The topological polar surface area (TPSA) is 61.4 Å². The number of urea groups is 1. The smallest absolute Gasteiger partial charge is 0.322 e. The first-order valence-corrected chi connectivity index (χ1v) is 5.79. The summed E-state index contributed by atoms with van der Waals surface area (Å²) in [6.07, 6.45) is 0.668. The molecule has 0 radical (unpaired) electrons. The normalized spacial score (nSPS) is 31.4. The summed E-state index contributed by atoms with van der Waals surface area (Å²) < 4.78 is 0. The van der Waals surface area contributed by atoms with Gasteiger partial charge in [0, 0.05) is 18.5 Å². The number of hydrogen-bond acceptors (Lipinski definition) is 3. The van der Waals surface area contributed by atoms with Gasteiger partial charge in [-0.15, -0.1) is 12.4 Å². The van der Waals surface area contributed by atoms with Gasteiger partial charge in [0.15, 0.2) is 0 Å². The first-order chi connectivity index (χ1) is 7.44. The van der Waals surface area contributed by atoms with E-state index < -0.39 is 5.54 Å². The van der Waals surface area contributed by atoms with Gasteiger partial charge in [-0.05, 0) is 19.9 Å². The minimum atomic E-state index is -0.703. The van der Waals surface area contributed by atoms with Crippen molar-refractivity contribution in [3.63, 3.8) is 0 Å². The summed E-state index contributed by atoms with van der Waals surface area (Å²) in [6.45, 7) is 7.83. The maximum atomic E-state index is 12.4. The van der Waals surface area contributed by atoms with Crippen LogP contribution in [0.25, 0.3) is 0 Å². The number of amides is 3. The molecule has 1 unspecified atom stereocenters. The number of nitrogens with zero attached hydrogens (tertiary/aromatic N) is 1. The molecule has 0 aromatic heterocycles. The highest BCUT2D eigenvalue weighted by molar-refractivity contribution is 6.07. The van der Waals surface area contributed by atoms with Crippen LogP contribution < -0.4 is 10.6 Å². The molecule has 2 N–H and O–H groups in total. The van der Waals surface area contributed by atoms with E-state index in [1.54, 1.807) is 0 Å². The summed E-state index contributed by atoms with van der Waals surface area (Å²) in [7, 11) is 0. The molecule has 5 nitrogen and oxygen atoms in total. The summed E-state index contributed by atoms with van der Waals surface area (Å²) in [4.78, 5) is 25.4. The summed E-state index contributed by atoms with van der Waals surface area (Å²) in [5, 5.41) is 6.18. The third-order valence-corrected chi connectivity index (χ3v) is 3.89. The zero-order valence-electron chi connectivity index (χ0n) is 10.5. The number of likely N-dealkylation sites (N-methyl/N-ethyl adjacent to an activating group) is 1. The minimum Gasteiger partial charge on any atom is -0.322 e. The molecule has 98 valence electrons. The van der Waals surface area contributed by atoms with Crippen LogP contribution in [0.4, 0.5) is 4.79 Å². The zero-order valence-corrected chi connectivity index (χ0v) is 11.3. The second-order valence-electron chi connectivity index (χ2n) is 5.20. The molecule has 2 rings (SSSR count). The lowest BCUT2D eigenvalue weighted by molar-refractivity contribution is -0.136. The van der Waals surface area contributed by atoms with E-state index >= 15 is 0 Å². The summed E-state index contributed by atoms with van der Waals surface area (Å²) in [5.41, 5.74) is -0.951. The largest absolute Gasteiger partial charge is 0.325 e. The fourth-order valence-electron chi connectivity index (χ4n) is 2.71. The molecule has 6 heteroatoms. The van der Waals surface area contributed by atoms with Gasteiger partial charge in [-0.2, -0.15) is 0 Å². The zero-order chi connectivity index (χ0) is 12.0. The van der Waals surface area contributed by atoms with Crippen molar-refractivity contribution < 1.29 is 9.59 Å². The minimum absolute atomic E-state index is 0. The van der Waals surface area contributed by atoms with Gasteiger partial charge in [0.25, 0.3) is 5.91 Å². The van der Waals surface area contributed by atoms with Crippen LogP contribution in [0.2, 0.25) is 0 Å². The molecule has 2 fully saturated rings. The predicted octanol–water partition coefficient (Wildman–Crippen LogP) is 0.738. The lowest BCUT2D eigenvalue weighted by Crippen LogP contribution is -2.65. The van der Waals surface area contributed by atoms with Gasteiger partial charge in [0.05, 0.1) is 0 Å². The molecule has 3 amide bonds. The van der Waals surface area contributed by atoms with Gasteiger partial charge < -0.3 is 10.6 Å². The number of piperidine rings is 1. The Bertz CT molecular complexity index is 346. The Morgan fingerprint density at radius 2 is 2.00 bits per heavy atom. The Kier molecular flexibility index (Phi) is 3.74. The van der Waals surface area contributed by atoms with Crippen molar-refractivity contribution in [2.45, 2.75) is 32.7 Å². The van der Waals surface area contributed by atoms with E-state index in [9.17, 15) is 9.59 Å². The van der Waals surface area contributed by atoms with Crippen LogP contribution in [0, 0.1) is 5.41 Å². The first-order valence-electron chi connectivity index (χ1n) is 5.79. The van der Waals surface area contributed by atoms with E-state index in [0.29, 0.717) is 13.0 Å². The fraction of sp³-hybridized carbons (Fsp3) is 0.818. The molecule has 0 aromatic carbocycles. The second kappa shape index (κ2) is 4.46. The molecular weight excluding hydrogens is 242 g/mol. The maximum absolute atomic E-state index is 12.4. The average Bonchev–Trinajstić information content (AvgIpc) is 2.45. The van der Waals surface area contributed by atoms with Crippen molar-refractivity contribution in [1.29, 1.82) is 0 Å². The molecular formula is C11H20ClN3O2. The highest BCUT2D eigenvalue weighted by Gasteiger charge is 2.59. The standard InChI is InChI=1S/C11H19N3O2.ClH/c1-4-14-8(15)11(13-9(14)16)5-6-12-7-10(11,2)3;/h12H,4-7H2,1-3H3,(H,13,16);1H. The second-order valence-corrected chi connectivity index (χ2v) is 5.20. The van der Waals surface area contributed by atoms with Gasteiger partial charge in [-0.3, -0.25) is 9.69 Å². The van der Waals surface area contributed by atoms with Crippen LogP contribution in [0.5, 0.6) is 0 Å². The lowest BCUT2D eigenvalue weighted by Gasteiger charge is -2.45. The van der Waals surface area contributed by atoms with Gasteiger partial charge in [-0.1, -0.05) is 13.8 Å². The summed E-state index contributed by atoms with van der Waals surface area (Å²) in [6, 6.07) is -0.248.